The minimum absolute atomic E-state index is 0.357. The minimum atomic E-state index is 0.357. The molecule has 1 heterocycles. The molecule has 2 aromatic rings. The lowest BCUT2D eigenvalue weighted by Crippen LogP contribution is -2.32. The average Bonchev–Trinajstić information content (AvgIpc) is 2.86. The summed E-state index contributed by atoms with van der Waals surface area (Å²) in [5.41, 5.74) is 1.35. The van der Waals surface area contributed by atoms with E-state index in [0.29, 0.717) is 12.1 Å². The third-order valence-corrected chi connectivity index (χ3v) is 5.52. The predicted molar refractivity (Wildman–Crippen MR) is 91.3 cm³/mol. The van der Waals surface area contributed by atoms with Crippen molar-refractivity contribution in [2.75, 3.05) is 20.6 Å². The summed E-state index contributed by atoms with van der Waals surface area (Å²) >= 11 is 5.40. The predicted octanol–water partition coefficient (Wildman–Crippen LogP) is 4.46. The molecule has 1 aromatic carbocycles. The van der Waals surface area contributed by atoms with Gasteiger partial charge in [0.1, 0.15) is 0 Å². The Morgan fingerprint density at radius 1 is 1.20 bits per heavy atom. The van der Waals surface area contributed by atoms with Crippen LogP contribution in [-0.2, 0) is 0 Å². The van der Waals surface area contributed by atoms with Crippen molar-refractivity contribution in [3.63, 3.8) is 0 Å². The highest BCUT2D eigenvalue weighted by molar-refractivity contribution is 9.10. The van der Waals surface area contributed by atoms with E-state index in [-0.39, 0.29) is 0 Å². The zero-order valence-electron chi connectivity index (χ0n) is 12.1. The maximum absolute atomic E-state index is 3.64. The van der Waals surface area contributed by atoms with Crippen molar-refractivity contribution in [3.05, 3.63) is 56.7 Å². The summed E-state index contributed by atoms with van der Waals surface area (Å²) in [7, 11) is 4.26. The van der Waals surface area contributed by atoms with Crippen LogP contribution in [0.3, 0.4) is 0 Å². The number of nitrogens with one attached hydrogen (secondary N) is 1. The van der Waals surface area contributed by atoms with Crippen LogP contribution in [0.2, 0.25) is 0 Å². The molecule has 0 spiro atoms. The Labute approximate surface area is 133 Å². The first-order valence-electron chi connectivity index (χ1n) is 6.77. The van der Waals surface area contributed by atoms with Crippen LogP contribution >= 0.6 is 27.3 Å². The molecule has 1 N–H and O–H groups in total. The van der Waals surface area contributed by atoms with Gasteiger partial charge in [-0.2, -0.15) is 0 Å². The summed E-state index contributed by atoms with van der Waals surface area (Å²) < 4.78 is 1.20. The quantitative estimate of drug-likeness (QED) is 0.825. The summed E-state index contributed by atoms with van der Waals surface area (Å²) in [6.45, 7) is 3.15. The third-order valence-electron chi connectivity index (χ3n) is 3.46. The van der Waals surface area contributed by atoms with E-state index in [2.05, 4.69) is 88.9 Å². The molecule has 0 aliphatic heterocycles. The van der Waals surface area contributed by atoms with Gasteiger partial charge in [0.15, 0.2) is 0 Å². The van der Waals surface area contributed by atoms with Crippen molar-refractivity contribution >= 4 is 27.3 Å². The summed E-state index contributed by atoms with van der Waals surface area (Å²) in [6, 6.07) is 13.5. The van der Waals surface area contributed by atoms with E-state index in [0.717, 1.165) is 6.54 Å². The molecule has 0 bridgehead atoms. The molecule has 0 radical (unpaired) electrons. The molecule has 2 unspecified atom stereocenters. The fourth-order valence-electron chi connectivity index (χ4n) is 2.27. The van der Waals surface area contributed by atoms with E-state index in [1.807, 2.05) is 0 Å². The lowest BCUT2D eigenvalue weighted by molar-refractivity contribution is 0.282. The van der Waals surface area contributed by atoms with Gasteiger partial charge in [0.05, 0.1) is 0 Å². The summed E-state index contributed by atoms with van der Waals surface area (Å²) in [5.74, 6) is 0. The van der Waals surface area contributed by atoms with Gasteiger partial charge < -0.3 is 10.2 Å². The Balaban J connectivity index is 2.02. The first-order chi connectivity index (χ1) is 9.59. The van der Waals surface area contributed by atoms with Gasteiger partial charge in [0.25, 0.3) is 0 Å². The van der Waals surface area contributed by atoms with Crippen molar-refractivity contribution < 1.29 is 0 Å². The van der Waals surface area contributed by atoms with Crippen LogP contribution in [0.25, 0.3) is 0 Å². The van der Waals surface area contributed by atoms with Crippen LogP contribution < -0.4 is 5.32 Å². The fraction of sp³-hybridized carbons (Fsp3) is 0.375. The lowest BCUT2D eigenvalue weighted by atomic mass is 10.1. The fourth-order valence-corrected chi connectivity index (χ4v) is 4.02. The van der Waals surface area contributed by atoms with Gasteiger partial charge in [-0.05, 0) is 54.0 Å². The number of hydrogen-bond donors (Lipinski definition) is 1. The Morgan fingerprint density at radius 2 is 1.90 bits per heavy atom. The second-order valence-corrected chi connectivity index (χ2v) is 6.95. The molecule has 0 aliphatic carbocycles. The molecule has 1 aromatic heterocycles. The van der Waals surface area contributed by atoms with Crippen LogP contribution in [0.4, 0.5) is 0 Å². The number of rotatable bonds is 6. The lowest BCUT2D eigenvalue weighted by Gasteiger charge is -2.27. The highest BCUT2D eigenvalue weighted by Crippen LogP contribution is 2.29. The van der Waals surface area contributed by atoms with E-state index in [9.17, 15) is 0 Å². The van der Waals surface area contributed by atoms with Crippen molar-refractivity contribution in [2.45, 2.75) is 19.0 Å². The van der Waals surface area contributed by atoms with E-state index < -0.39 is 0 Å². The van der Waals surface area contributed by atoms with E-state index in [1.54, 1.807) is 11.3 Å². The van der Waals surface area contributed by atoms with Crippen LogP contribution in [0.15, 0.2) is 46.3 Å². The molecule has 4 heteroatoms. The topological polar surface area (TPSA) is 15.3 Å². The Morgan fingerprint density at radius 3 is 2.45 bits per heavy atom. The second kappa shape index (κ2) is 7.36. The standard InChI is InChI=1S/C16H21BrN2S/c1-12(16-14(17)9-10-20-16)18-11-15(19(2)3)13-7-5-4-6-8-13/h4-10,12,15,18H,11H2,1-3H3. The Hall–Kier alpha value is -0.680. The summed E-state index contributed by atoms with van der Waals surface area (Å²) in [4.78, 5) is 3.62. The van der Waals surface area contributed by atoms with Crippen LogP contribution in [0, 0.1) is 0 Å². The number of benzene rings is 1. The van der Waals surface area contributed by atoms with Crippen LogP contribution in [-0.4, -0.2) is 25.5 Å². The molecule has 2 atom stereocenters. The largest absolute Gasteiger partial charge is 0.308 e. The van der Waals surface area contributed by atoms with Gasteiger partial charge in [-0.3, -0.25) is 0 Å². The monoisotopic (exact) mass is 352 g/mol. The highest BCUT2D eigenvalue weighted by atomic mass is 79.9. The smallest absolute Gasteiger partial charge is 0.0467 e. The van der Waals surface area contributed by atoms with Crippen LogP contribution in [0.1, 0.15) is 29.4 Å². The maximum atomic E-state index is 3.64. The number of hydrogen-bond acceptors (Lipinski definition) is 3. The Bertz CT molecular complexity index is 524. The van der Waals surface area contributed by atoms with Gasteiger partial charge >= 0.3 is 0 Å². The average molecular weight is 353 g/mol. The molecule has 108 valence electrons. The van der Waals surface area contributed by atoms with Gasteiger partial charge in [-0.1, -0.05) is 30.3 Å². The zero-order valence-corrected chi connectivity index (χ0v) is 14.5. The third kappa shape index (κ3) is 3.92. The first kappa shape index (κ1) is 15.7. The van der Waals surface area contributed by atoms with E-state index >= 15 is 0 Å². The number of nitrogens with zero attached hydrogens (tertiary/aromatic N) is 1. The highest BCUT2D eigenvalue weighted by Gasteiger charge is 2.16. The molecular weight excluding hydrogens is 332 g/mol. The van der Waals surface area contributed by atoms with Gasteiger partial charge in [-0.15, -0.1) is 11.3 Å². The molecular formula is C16H21BrN2S. The van der Waals surface area contributed by atoms with E-state index in [1.165, 1.54) is 14.9 Å². The van der Waals surface area contributed by atoms with Crippen molar-refractivity contribution in [1.82, 2.24) is 10.2 Å². The summed E-state index contributed by atoms with van der Waals surface area (Å²) in [6.07, 6.45) is 0. The normalized spacial score (nSPS) is 14.4. The molecule has 2 rings (SSSR count). The molecule has 0 aliphatic rings. The van der Waals surface area contributed by atoms with Gasteiger partial charge in [-0.25, -0.2) is 0 Å². The number of likely N-dealkylation sites (N-methyl/N-ethyl adjacent to an activating group) is 1. The Kier molecular flexibility index (Phi) is 5.78. The number of halogens is 1. The zero-order chi connectivity index (χ0) is 14.5. The van der Waals surface area contributed by atoms with Gasteiger partial charge in [0, 0.05) is 28.0 Å². The van der Waals surface area contributed by atoms with Crippen molar-refractivity contribution in [1.29, 1.82) is 0 Å². The van der Waals surface area contributed by atoms with Gasteiger partial charge in [0.2, 0.25) is 0 Å². The second-order valence-electron chi connectivity index (χ2n) is 5.15. The minimum Gasteiger partial charge on any atom is -0.308 e. The summed E-state index contributed by atoms with van der Waals surface area (Å²) in [5, 5.41) is 5.77. The SMILES string of the molecule is CC(NCC(c1ccccc1)N(C)C)c1sccc1Br. The number of thiophene rings is 1. The molecule has 20 heavy (non-hydrogen) atoms. The van der Waals surface area contributed by atoms with Crippen molar-refractivity contribution in [3.8, 4) is 0 Å². The van der Waals surface area contributed by atoms with Crippen LogP contribution in [0.5, 0.6) is 0 Å². The molecule has 2 nitrogen and oxygen atoms in total. The van der Waals surface area contributed by atoms with E-state index in [4.69, 9.17) is 0 Å². The molecule has 0 amide bonds. The first-order valence-corrected chi connectivity index (χ1v) is 8.44. The van der Waals surface area contributed by atoms with Crippen molar-refractivity contribution in [2.24, 2.45) is 0 Å². The maximum Gasteiger partial charge on any atom is 0.0467 e. The molecule has 0 saturated heterocycles. The molecule has 0 fully saturated rings. The molecule has 0 saturated carbocycles.